The number of amides is 1. The van der Waals surface area contributed by atoms with Crippen LogP contribution in [-0.2, 0) is 11.8 Å². The predicted molar refractivity (Wildman–Crippen MR) is 82.9 cm³/mol. The normalized spacial score (nSPS) is 12.6. The fraction of sp³-hybridized carbons (Fsp3) is 0.462. The molecule has 2 heterocycles. The first-order chi connectivity index (χ1) is 9.52. The van der Waals surface area contributed by atoms with Crippen LogP contribution in [0.1, 0.15) is 12.1 Å². The summed E-state index contributed by atoms with van der Waals surface area (Å²) in [6.45, 7) is 1.92. The van der Waals surface area contributed by atoms with Gasteiger partial charge in [-0.25, -0.2) is 4.98 Å². The van der Waals surface area contributed by atoms with Crippen LogP contribution in [0.4, 0.5) is 5.69 Å². The average molecular weight is 293 g/mol. The Kier molecular flexibility index (Phi) is 4.61. The zero-order valence-electron chi connectivity index (χ0n) is 11.9. The maximum Gasteiger partial charge on any atom is 0.241 e. The molecule has 1 atom stereocenters. The third-order valence-corrected chi connectivity index (χ3v) is 3.74. The summed E-state index contributed by atoms with van der Waals surface area (Å²) >= 11 is 1.68. The molecule has 1 amide bonds. The number of carbonyl (C=O) groups is 1. The molecule has 0 aromatic carbocycles. The van der Waals surface area contributed by atoms with E-state index in [-0.39, 0.29) is 5.91 Å². The number of rotatable bonds is 5. The lowest BCUT2D eigenvalue weighted by Crippen LogP contribution is -2.36. The van der Waals surface area contributed by atoms with Crippen molar-refractivity contribution >= 4 is 34.4 Å². The molecule has 0 radical (unpaired) electrons. The quantitative estimate of drug-likeness (QED) is 0.867. The number of nitrogens with one attached hydrogen (secondary N) is 1. The van der Waals surface area contributed by atoms with Gasteiger partial charge in [-0.15, -0.1) is 0 Å². The molecule has 0 fully saturated rings. The molecule has 108 valence electrons. The molecule has 0 saturated heterocycles. The summed E-state index contributed by atoms with van der Waals surface area (Å²) in [5.41, 5.74) is 8.17. The Morgan fingerprint density at radius 2 is 2.35 bits per heavy atom. The lowest BCUT2D eigenvalue weighted by Gasteiger charge is -2.11. The Hall–Kier alpha value is -1.60. The number of carbonyl (C=O) groups excluding carboxylic acids is 1. The third-order valence-electron chi connectivity index (χ3n) is 3.10. The molecular formula is C13H19N5OS. The van der Waals surface area contributed by atoms with E-state index >= 15 is 0 Å². The number of hydrogen-bond acceptors (Lipinski definition) is 5. The topological polar surface area (TPSA) is 85.8 Å². The van der Waals surface area contributed by atoms with Crippen LogP contribution in [0.3, 0.4) is 0 Å². The molecular weight excluding hydrogens is 274 g/mol. The molecule has 20 heavy (non-hydrogen) atoms. The highest BCUT2D eigenvalue weighted by Crippen LogP contribution is 2.19. The highest BCUT2D eigenvalue weighted by molar-refractivity contribution is 7.98. The second-order valence-corrected chi connectivity index (χ2v) is 5.67. The van der Waals surface area contributed by atoms with E-state index in [9.17, 15) is 4.79 Å². The van der Waals surface area contributed by atoms with E-state index in [1.165, 1.54) is 0 Å². The molecule has 0 bridgehead atoms. The highest BCUT2D eigenvalue weighted by atomic mass is 32.2. The number of hydrogen-bond donors (Lipinski definition) is 2. The van der Waals surface area contributed by atoms with Crippen molar-refractivity contribution in [2.24, 2.45) is 12.8 Å². The smallest absolute Gasteiger partial charge is 0.241 e. The van der Waals surface area contributed by atoms with Crippen LogP contribution in [0.15, 0.2) is 12.3 Å². The molecule has 3 N–H and O–H groups in total. The minimum atomic E-state index is -0.492. The van der Waals surface area contributed by atoms with Crippen LogP contribution < -0.4 is 11.1 Å². The molecule has 0 unspecified atom stereocenters. The molecule has 6 nitrogen and oxygen atoms in total. The van der Waals surface area contributed by atoms with Gasteiger partial charge in [-0.3, -0.25) is 9.48 Å². The van der Waals surface area contributed by atoms with Crippen LogP contribution in [0, 0.1) is 6.92 Å². The fourth-order valence-electron chi connectivity index (χ4n) is 1.99. The Morgan fingerprint density at radius 1 is 1.60 bits per heavy atom. The van der Waals surface area contributed by atoms with Gasteiger partial charge in [0.15, 0.2) is 5.65 Å². The second kappa shape index (κ2) is 6.23. The van der Waals surface area contributed by atoms with E-state index in [0.717, 1.165) is 22.5 Å². The maximum absolute atomic E-state index is 12.0. The van der Waals surface area contributed by atoms with Gasteiger partial charge in [0.05, 0.1) is 23.6 Å². The van der Waals surface area contributed by atoms with Crippen molar-refractivity contribution < 1.29 is 4.79 Å². The van der Waals surface area contributed by atoms with Gasteiger partial charge in [0.1, 0.15) is 0 Å². The number of anilines is 1. The van der Waals surface area contributed by atoms with Gasteiger partial charge in [-0.1, -0.05) is 0 Å². The minimum Gasteiger partial charge on any atom is -0.323 e. The van der Waals surface area contributed by atoms with Crippen molar-refractivity contribution in [2.45, 2.75) is 19.4 Å². The third kappa shape index (κ3) is 3.10. The molecule has 0 aliphatic rings. The van der Waals surface area contributed by atoms with Crippen molar-refractivity contribution in [3.8, 4) is 0 Å². The van der Waals surface area contributed by atoms with Gasteiger partial charge in [0.25, 0.3) is 0 Å². The van der Waals surface area contributed by atoms with Gasteiger partial charge in [-0.05, 0) is 31.4 Å². The van der Waals surface area contributed by atoms with Crippen molar-refractivity contribution in [3.05, 3.63) is 18.0 Å². The summed E-state index contributed by atoms with van der Waals surface area (Å²) in [7, 11) is 1.85. The van der Waals surface area contributed by atoms with Crippen molar-refractivity contribution in [2.75, 3.05) is 17.3 Å². The zero-order chi connectivity index (χ0) is 14.7. The van der Waals surface area contributed by atoms with Gasteiger partial charge in [-0.2, -0.15) is 16.9 Å². The van der Waals surface area contributed by atoms with E-state index in [1.807, 2.05) is 26.3 Å². The summed E-state index contributed by atoms with van der Waals surface area (Å²) in [6, 6.07) is 1.39. The van der Waals surface area contributed by atoms with Crippen molar-refractivity contribution in [3.63, 3.8) is 0 Å². The highest BCUT2D eigenvalue weighted by Gasteiger charge is 2.14. The molecule has 2 aromatic heterocycles. The molecule has 2 rings (SSSR count). The number of aromatic nitrogens is 3. The van der Waals surface area contributed by atoms with Crippen LogP contribution in [-0.4, -0.2) is 38.7 Å². The maximum atomic E-state index is 12.0. The molecule has 0 spiro atoms. The molecule has 0 saturated carbocycles. The van der Waals surface area contributed by atoms with Crippen molar-refractivity contribution in [1.82, 2.24) is 14.8 Å². The van der Waals surface area contributed by atoms with Crippen LogP contribution in [0.5, 0.6) is 0 Å². The summed E-state index contributed by atoms with van der Waals surface area (Å²) < 4.78 is 1.72. The number of pyridine rings is 1. The first-order valence-electron chi connectivity index (χ1n) is 6.37. The van der Waals surface area contributed by atoms with Crippen LogP contribution >= 0.6 is 11.8 Å². The monoisotopic (exact) mass is 293 g/mol. The van der Waals surface area contributed by atoms with E-state index < -0.39 is 6.04 Å². The standard InChI is InChI=1S/C13H19N5OS/c1-8-10-6-9(7-15-12(10)18(2)17-8)16-13(19)11(14)4-5-20-3/h6-7,11H,4-5,14H2,1-3H3,(H,16,19)/t11-/m1/s1. The van der Waals surface area contributed by atoms with Crippen molar-refractivity contribution in [1.29, 1.82) is 0 Å². The lowest BCUT2D eigenvalue weighted by atomic mass is 10.2. The minimum absolute atomic E-state index is 0.179. The van der Waals surface area contributed by atoms with E-state index in [0.29, 0.717) is 12.1 Å². The summed E-state index contributed by atoms with van der Waals surface area (Å²) in [5.74, 6) is 0.690. The summed E-state index contributed by atoms with van der Waals surface area (Å²) in [4.78, 5) is 16.3. The summed E-state index contributed by atoms with van der Waals surface area (Å²) in [5, 5.41) is 8.04. The number of thioether (sulfide) groups is 1. The second-order valence-electron chi connectivity index (χ2n) is 4.68. The van der Waals surface area contributed by atoms with Crippen LogP contribution in [0.2, 0.25) is 0 Å². The molecule has 0 aliphatic heterocycles. The Balaban J connectivity index is 2.13. The first-order valence-corrected chi connectivity index (χ1v) is 7.77. The van der Waals surface area contributed by atoms with Gasteiger partial charge in [0.2, 0.25) is 5.91 Å². The Labute approximate surface area is 122 Å². The molecule has 7 heteroatoms. The number of nitrogens with zero attached hydrogens (tertiary/aromatic N) is 3. The number of nitrogens with two attached hydrogens (primary N) is 1. The molecule has 0 aliphatic carbocycles. The zero-order valence-corrected chi connectivity index (χ0v) is 12.7. The van der Waals surface area contributed by atoms with E-state index in [1.54, 1.807) is 22.6 Å². The summed E-state index contributed by atoms with van der Waals surface area (Å²) in [6.07, 6.45) is 4.28. The van der Waals surface area contributed by atoms with Gasteiger partial charge in [0, 0.05) is 12.4 Å². The van der Waals surface area contributed by atoms with Gasteiger partial charge >= 0.3 is 0 Å². The van der Waals surface area contributed by atoms with Gasteiger partial charge < -0.3 is 11.1 Å². The predicted octanol–water partition coefficient (Wildman–Crippen LogP) is 1.30. The number of fused-ring (bicyclic) bond motifs is 1. The van der Waals surface area contributed by atoms with E-state index in [4.69, 9.17) is 5.73 Å². The van der Waals surface area contributed by atoms with E-state index in [2.05, 4.69) is 15.4 Å². The Morgan fingerprint density at radius 3 is 3.05 bits per heavy atom. The fourth-order valence-corrected chi connectivity index (χ4v) is 2.48. The SMILES string of the molecule is CSCC[C@@H](N)C(=O)Nc1cnc2c(c1)c(C)nn2C. The number of aryl methyl sites for hydroxylation is 2. The average Bonchev–Trinajstić information content (AvgIpc) is 2.71. The molecule has 2 aromatic rings. The lowest BCUT2D eigenvalue weighted by molar-refractivity contribution is -0.117. The Bertz CT molecular complexity index is 624. The largest absolute Gasteiger partial charge is 0.323 e. The first kappa shape index (κ1) is 14.8. The van der Waals surface area contributed by atoms with Crippen LogP contribution in [0.25, 0.3) is 11.0 Å².